The molecule has 0 aliphatic heterocycles. The maximum absolute atomic E-state index is 11.9. The fourth-order valence-electron chi connectivity index (χ4n) is 1.77. The minimum atomic E-state index is -2.57. The maximum atomic E-state index is 11.9. The van der Waals surface area contributed by atoms with Gasteiger partial charge in [0.05, 0.1) is 17.6 Å². The first-order valence-electron chi connectivity index (χ1n) is 6.13. The number of hydrogen-bond donors (Lipinski definition) is 2. The van der Waals surface area contributed by atoms with Crippen LogP contribution in [0.3, 0.4) is 0 Å². The van der Waals surface area contributed by atoms with E-state index in [1.54, 1.807) is 0 Å². The van der Waals surface area contributed by atoms with Crippen LogP contribution in [-0.2, 0) is 4.74 Å². The van der Waals surface area contributed by atoms with Crippen molar-refractivity contribution in [2.45, 2.75) is 12.8 Å². The zero-order chi connectivity index (χ0) is 15.4. The zero-order valence-electron chi connectivity index (χ0n) is 10.8. The van der Waals surface area contributed by atoms with Crippen molar-refractivity contribution in [1.29, 1.82) is 0 Å². The predicted octanol–water partition coefficient (Wildman–Crippen LogP) is 1.07. The van der Waals surface area contributed by atoms with Crippen LogP contribution in [0, 0.1) is 0 Å². The van der Waals surface area contributed by atoms with E-state index in [9.17, 15) is 23.2 Å². The van der Waals surface area contributed by atoms with E-state index in [0.29, 0.717) is 16.6 Å². The second kappa shape index (κ2) is 6.40. The van der Waals surface area contributed by atoms with Gasteiger partial charge in [-0.3, -0.25) is 14.4 Å². The third kappa shape index (κ3) is 3.82. The van der Waals surface area contributed by atoms with Gasteiger partial charge in [-0.1, -0.05) is 0 Å². The third-order valence-electron chi connectivity index (χ3n) is 2.76. The highest BCUT2D eigenvalue weighted by atomic mass is 19.3. The number of alkyl halides is 2. The Morgan fingerprint density at radius 2 is 1.81 bits per heavy atom. The van der Waals surface area contributed by atoms with Crippen molar-refractivity contribution in [3.63, 3.8) is 0 Å². The summed E-state index contributed by atoms with van der Waals surface area (Å²) in [6.45, 7) is -0.817. The van der Waals surface area contributed by atoms with Crippen LogP contribution < -0.4 is 11.1 Å². The monoisotopic (exact) mass is 298 g/mol. The number of H-pyrrole nitrogens is 2. The lowest BCUT2D eigenvalue weighted by molar-refractivity contribution is 0.0170. The lowest BCUT2D eigenvalue weighted by atomic mass is 10.1. The predicted molar refractivity (Wildman–Crippen MR) is 71.0 cm³/mol. The van der Waals surface area contributed by atoms with Crippen molar-refractivity contribution in [2.24, 2.45) is 0 Å². The minimum Gasteiger partial charge on any atom is -0.375 e. The molecule has 112 valence electrons. The number of carbonyl (C=O) groups is 1. The molecule has 1 heterocycles. The topological polar surface area (TPSA) is 92.0 Å². The fraction of sp³-hybridized carbons (Fsp3) is 0.308. The smallest absolute Gasteiger partial charge is 0.314 e. The summed E-state index contributed by atoms with van der Waals surface area (Å²) in [6, 6.07) is 4.38. The summed E-state index contributed by atoms with van der Waals surface area (Å²) in [6.07, 6.45) is -2.62. The number of fused-ring (bicyclic) bond motifs is 1. The maximum Gasteiger partial charge on any atom is 0.314 e. The number of nitrogens with one attached hydrogen (secondary N) is 2. The Hall–Kier alpha value is -2.35. The van der Waals surface area contributed by atoms with Gasteiger partial charge >= 0.3 is 11.1 Å². The number of aromatic nitrogens is 2. The second-order valence-electron chi connectivity index (χ2n) is 4.31. The third-order valence-corrected chi connectivity index (χ3v) is 2.76. The minimum absolute atomic E-state index is 0.0498. The lowest BCUT2D eigenvalue weighted by Crippen LogP contribution is -2.28. The lowest BCUT2D eigenvalue weighted by Gasteiger charge is -2.04. The van der Waals surface area contributed by atoms with E-state index >= 15 is 0 Å². The standard InChI is InChI=1S/C13H12F2N2O4/c14-11(15)6-21-4-3-10(18)7-1-2-8-9(5-7)17-13(20)12(19)16-8/h1-2,5,11H,3-4,6H2,(H,16,19)(H,17,20). The van der Waals surface area contributed by atoms with Gasteiger partial charge in [0.15, 0.2) is 5.78 Å². The number of aromatic amines is 2. The molecule has 0 amide bonds. The number of ketones is 1. The van der Waals surface area contributed by atoms with Crippen LogP contribution in [0.2, 0.25) is 0 Å². The van der Waals surface area contributed by atoms with E-state index in [-0.39, 0.29) is 18.8 Å². The molecule has 0 spiro atoms. The Morgan fingerprint density at radius 1 is 1.14 bits per heavy atom. The Bertz CT molecular complexity index is 767. The van der Waals surface area contributed by atoms with Crippen LogP contribution in [-0.4, -0.2) is 35.4 Å². The normalized spacial score (nSPS) is 11.2. The second-order valence-corrected chi connectivity index (χ2v) is 4.31. The van der Waals surface area contributed by atoms with Crippen LogP contribution in [0.5, 0.6) is 0 Å². The molecule has 0 fully saturated rings. The average molecular weight is 298 g/mol. The van der Waals surface area contributed by atoms with Gasteiger partial charge in [-0.2, -0.15) is 0 Å². The Morgan fingerprint density at radius 3 is 2.48 bits per heavy atom. The molecule has 0 bridgehead atoms. The van der Waals surface area contributed by atoms with Crippen molar-refractivity contribution < 1.29 is 18.3 Å². The fourth-order valence-corrected chi connectivity index (χ4v) is 1.77. The van der Waals surface area contributed by atoms with Crippen LogP contribution in [0.4, 0.5) is 8.78 Å². The van der Waals surface area contributed by atoms with E-state index in [0.717, 1.165) is 0 Å². The molecule has 0 aliphatic rings. The highest BCUT2D eigenvalue weighted by Gasteiger charge is 2.09. The van der Waals surface area contributed by atoms with Crippen LogP contribution in [0.25, 0.3) is 11.0 Å². The molecular formula is C13H12F2N2O4. The number of halogens is 2. The van der Waals surface area contributed by atoms with Crippen molar-refractivity contribution in [1.82, 2.24) is 9.97 Å². The van der Waals surface area contributed by atoms with Crippen molar-refractivity contribution in [2.75, 3.05) is 13.2 Å². The first-order chi connectivity index (χ1) is 9.97. The van der Waals surface area contributed by atoms with Gasteiger partial charge in [-0.05, 0) is 18.2 Å². The Balaban J connectivity index is 2.11. The zero-order valence-corrected chi connectivity index (χ0v) is 10.8. The quantitative estimate of drug-likeness (QED) is 0.474. The molecule has 1 aromatic heterocycles. The van der Waals surface area contributed by atoms with Gasteiger partial charge in [0.2, 0.25) is 0 Å². The molecule has 0 unspecified atom stereocenters. The Labute approximate surface area is 116 Å². The molecule has 0 radical (unpaired) electrons. The Kier molecular flexibility index (Phi) is 4.59. The molecule has 2 N–H and O–H groups in total. The van der Waals surface area contributed by atoms with Crippen molar-refractivity contribution in [3.8, 4) is 0 Å². The number of carbonyl (C=O) groups excluding carboxylic acids is 1. The van der Waals surface area contributed by atoms with Crippen LogP contribution in [0.1, 0.15) is 16.8 Å². The van der Waals surface area contributed by atoms with Gasteiger partial charge in [0.1, 0.15) is 6.61 Å². The summed E-state index contributed by atoms with van der Waals surface area (Å²) in [5.41, 5.74) is -0.579. The number of rotatable bonds is 6. The summed E-state index contributed by atoms with van der Waals surface area (Å²) < 4.78 is 28.3. The highest BCUT2D eigenvalue weighted by Crippen LogP contribution is 2.11. The van der Waals surface area contributed by atoms with Gasteiger partial charge in [0, 0.05) is 12.0 Å². The summed E-state index contributed by atoms with van der Waals surface area (Å²) in [5, 5.41) is 0. The summed E-state index contributed by atoms with van der Waals surface area (Å²) in [4.78, 5) is 38.9. The van der Waals surface area contributed by atoms with Crippen LogP contribution >= 0.6 is 0 Å². The molecule has 0 aliphatic carbocycles. The summed E-state index contributed by atoms with van der Waals surface area (Å²) >= 11 is 0. The largest absolute Gasteiger partial charge is 0.375 e. The summed E-state index contributed by atoms with van der Waals surface area (Å²) in [5.74, 6) is -0.307. The SMILES string of the molecule is O=C(CCOCC(F)F)c1ccc2[nH]c(=O)c(=O)[nH]c2c1. The molecular weight excluding hydrogens is 286 g/mol. The molecule has 2 aromatic rings. The molecule has 0 atom stereocenters. The molecule has 0 saturated carbocycles. The number of benzene rings is 1. The van der Waals surface area contributed by atoms with Gasteiger partial charge in [0.25, 0.3) is 6.43 Å². The van der Waals surface area contributed by atoms with E-state index in [1.807, 2.05) is 0 Å². The molecule has 2 rings (SSSR count). The van der Waals surface area contributed by atoms with E-state index in [4.69, 9.17) is 0 Å². The number of hydrogen-bond acceptors (Lipinski definition) is 4. The van der Waals surface area contributed by atoms with Crippen molar-refractivity contribution in [3.05, 3.63) is 44.5 Å². The molecule has 1 aromatic carbocycles. The molecule has 6 nitrogen and oxygen atoms in total. The van der Waals surface area contributed by atoms with E-state index in [1.165, 1.54) is 18.2 Å². The molecule has 0 saturated heterocycles. The van der Waals surface area contributed by atoms with Gasteiger partial charge < -0.3 is 14.7 Å². The first-order valence-corrected chi connectivity index (χ1v) is 6.13. The number of ether oxygens (including phenoxy) is 1. The summed E-state index contributed by atoms with van der Waals surface area (Å²) in [7, 11) is 0. The number of Topliss-reactive ketones (excluding diaryl/α,β-unsaturated/α-hetero) is 1. The molecule has 21 heavy (non-hydrogen) atoms. The van der Waals surface area contributed by atoms with Crippen LogP contribution in [0.15, 0.2) is 27.8 Å². The molecule has 8 heteroatoms. The van der Waals surface area contributed by atoms with Gasteiger partial charge in [-0.25, -0.2) is 8.78 Å². The van der Waals surface area contributed by atoms with Crippen molar-refractivity contribution >= 4 is 16.8 Å². The first kappa shape index (κ1) is 15.0. The van der Waals surface area contributed by atoms with E-state index < -0.39 is 24.2 Å². The van der Waals surface area contributed by atoms with Gasteiger partial charge in [-0.15, -0.1) is 0 Å². The average Bonchev–Trinajstić information content (AvgIpc) is 2.44. The highest BCUT2D eigenvalue weighted by molar-refractivity contribution is 5.98. The van der Waals surface area contributed by atoms with E-state index in [2.05, 4.69) is 14.7 Å².